The van der Waals surface area contributed by atoms with Crippen molar-refractivity contribution in [3.05, 3.63) is 36.2 Å². The number of rotatable bonds is 5. The minimum absolute atomic E-state index is 0.00330. The highest BCUT2D eigenvalue weighted by Crippen LogP contribution is 2.15. The Morgan fingerprint density at radius 2 is 2.11 bits per heavy atom. The molecule has 0 unspecified atom stereocenters. The fourth-order valence-corrected chi connectivity index (χ4v) is 1.52. The number of carbonyl (C=O) groups is 1. The minimum atomic E-state index is 0.00330. The Morgan fingerprint density at radius 1 is 1.33 bits per heavy atom. The molecule has 0 bridgehead atoms. The molecular formula is C13H15N3O2. The number of carbonyl (C=O) groups excluding carboxylic acids is 1. The van der Waals surface area contributed by atoms with Crippen LogP contribution in [0.5, 0.6) is 0 Å². The molecule has 0 aliphatic heterocycles. The van der Waals surface area contributed by atoms with Crippen LogP contribution in [-0.4, -0.2) is 16.0 Å². The van der Waals surface area contributed by atoms with E-state index in [9.17, 15) is 4.79 Å². The van der Waals surface area contributed by atoms with Gasteiger partial charge >= 0.3 is 0 Å². The molecular weight excluding hydrogens is 230 g/mol. The molecule has 5 nitrogen and oxygen atoms in total. The number of nitrogens with one attached hydrogen (secondary N) is 1. The van der Waals surface area contributed by atoms with E-state index in [4.69, 9.17) is 4.52 Å². The molecule has 1 heterocycles. The summed E-state index contributed by atoms with van der Waals surface area (Å²) in [7, 11) is 0. The molecule has 94 valence electrons. The maximum Gasteiger partial charge on any atom is 0.257 e. The third-order valence-corrected chi connectivity index (χ3v) is 2.41. The molecule has 5 heteroatoms. The van der Waals surface area contributed by atoms with Gasteiger partial charge in [-0.1, -0.05) is 30.3 Å². The molecule has 1 aromatic heterocycles. The van der Waals surface area contributed by atoms with Crippen LogP contribution < -0.4 is 5.32 Å². The lowest BCUT2D eigenvalue weighted by Crippen LogP contribution is -2.22. The molecule has 0 radical (unpaired) electrons. The van der Waals surface area contributed by atoms with Crippen molar-refractivity contribution in [1.29, 1.82) is 0 Å². The number of hydrogen-bond acceptors (Lipinski definition) is 4. The van der Waals surface area contributed by atoms with Crippen LogP contribution in [-0.2, 0) is 11.3 Å². The van der Waals surface area contributed by atoms with E-state index in [1.54, 1.807) is 0 Å². The summed E-state index contributed by atoms with van der Waals surface area (Å²) in [5.41, 5.74) is 0.871. The molecule has 0 atom stereocenters. The highest BCUT2D eigenvalue weighted by molar-refractivity contribution is 5.75. The van der Waals surface area contributed by atoms with Gasteiger partial charge in [-0.25, -0.2) is 0 Å². The van der Waals surface area contributed by atoms with Crippen LogP contribution in [0.25, 0.3) is 11.5 Å². The van der Waals surface area contributed by atoms with Crippen LogP contribution in [0.3, 0.4) is 0 Å². The molecule has 0 spiro atoms. The Kier molecular flexibility index (Phi) is 4.06. The first-order valence-corrected chi connectivity index (χ1v) is 5.94. The normalized spacial score (nSPS) is 10.3. The predicted molar refractivity (Wildman–Crippen MR) is 66.5 cm³/mol. The molecule has 0 fully saturated rings. The molecule has 2 rings (SSSR count). The highest BCUT2D eigenvalue weighted by atomic mass is 16.5. The van der Waals surface area contributed by atoms with Gasteiger partial charge in [0.1, 0.15) is 0 Å². The zero-order valence-electron chi connectivity index (χ0n) is 10.2. The summed E-state index contributed by atoms with van der Waals surface area (Å²) in [6.07, 6.45) is 1.34. The number of hydrogen-bond donors (Lipinski definition) is 1. The average molecular weight is 245 g/mol. The van der Waals surface area contributed by atoms with Gasteiger partial charge in [-0.15, -0.1) is 0 Å². The molecule has 2 aromatic rings. The SMILES string of the molecule is CCCC(=O)NCc1noc(-c2ccccc2)n1. The lowest BCUT2D eigenvalue weighted by Gasteiger charge is -1.98. The molecule has 1 aromatic carbocycles. The van der Waals surface area contributed by atoms with Crippen molar-refractivity contribution in [3.8, 4) is 11.5 Å². The van der Waals surface area contributed by atoms with E-state index in [2.05, 4.69) is 15.5 Å². The molecule has 1 amide bonds. The Bertz CT molecular complexity index is 508. The van der Waals surface area contributed by atoms with E-state index in [1.165, 1.54) is 0 Å². The molecule has 1 N–H and O–H groups in total. The molecule has 0 saturated heterocycles. The Balaban J connectivity index is 1.97. The lowest BCUT2D eigenvalue weighted by atomic mass is 10.2. The van der Waals surface area contributed by atoms with Gasteiger partial charge in [-0.05, 0) is 18.6 Å². The summed E-state index contributed by atoms with van der Waals surface area (Å²) in [5, 5.41) is 6.56. The van der Waals surface area contributed by atoms with Crippen molar-refractivity contribution in [3.63, 3.8) is 0 Å². The third-order valence-electron chi connectivity index (χ3n) is 2.41. The summed E-state index contributed by atoms with van der Waals surface area (Å²) in [6, 6.07) is 9.52. The molecule has 0 aliphatic carbocycles. The summed E-state index contributed by atoms with van der Waals surface area (Å²) in [6.45, 7) is 2.26. The quantitative estimate of drug-likeness (QED) is 0.876. The number of benzene rings is 1. The predicted octanol–water partition coefficient (Wildman–Crippen LogP) is 2.15. The van der Waals surface area contributed by atoms with Gasteiger partial charge in [-0.3, -0.25) is 4.79 Å². The van der Waals surface area contributed by atoms with E-state index in [0.29, 0.717) is 24.7 Å². The van der Waals surface area contributed by atoms with Gasteiger partial charge in [0.15, 0.2) is 5.82 Å². The first-order chi connectivity index (χ1) is 8.79. The van der Waals surface area contributed by atoms with Crippen molar-refractivity contribution >= 4 is 5.91 Å². The topological polar surface area (TPSA) is 68.0 Å². The second kappa shape index (κ2) is 5.95. The standard InChI is InChI=1S/C13H15N3O2/c1-2-6-12(17)14-9-11-15-13(18-16-11)10-7-4-3-5-8-10/h3-5,7-8H,2,6,9H2,1H3,(H,14,17). The highest BCUT2D eigenvalue weighted by Gasteiger charge is 2.08. The number of amides is 1. The summed E-state index contributed by atoms with van der Waals surface area (Å²) < 4.78 is 5.13. The van der Waals surface area contributed by atoms with Crippen molar-refractivity contribution in [2.75, 3.05) is 0 Å². The maximum atomic E-state index is 11.3. The first kappa shape index (κ1) is 12.3. The van der Waals surface area contributed by atoms with Crippen LogP contribution >= 0.6 is 0 Å². The van der Waals surface area contributed by atoms with Crippen LogP contribution in [0.4, 0.5) is 0 Å². The van der Waals surface area contributed by atoms with E-state index < -0.39 is 0 Å². The fraction of sp³-hybridized carbons (Fsp3) is 0.308. The Labute approximate surface area is 105 Å². The van der Waals surface area contributed by atoms with Gasteiger partial charge < -0.3 is 9.84 Å². The van der Waals surface area contributed by atoms with E-state index in [1.807, 2.05) is 37.3 Å². The van der Waals surface area contributed by atoms with Gasteiger partial charge in [-0.2, -0.15) is 4.98 Å². The summed E-state index contributed by atoms with van der Waals surface area (Å²) >= 11 is 0. The van der Waals surface area contributed by atoms with E-state index in [0.717, 1.165) is 12.0 Å². The molecule has 0 aliphatic rings. The molecule has 18 heavy (non-hydrogen) atoms. The zero-order chi connectivity index (χ0) is 12.8. The second-order valence-electron chi connectivity index (χ2n) is 3.91. The third kappa shape index (κ3) is 3.16. The number of nitrogens with zero attached hydrogens (tertiary/aromatic N) is 2. The maximum absolute atomic E-state index is 11.3. The fourth-order valence-electron chi connectivity index (χ4n) is 1.52. The van der Waals surface area contributed by atoms with Crippen LogP contribution in [0.15, 0.2) is 34.9 Å². The minimum Gasteiger partial charge on any atom is -0.349 e. The zero-order valence-corrected chi connectivity index (χ0v) is 10.2. The smallest absolute Gasteiger partial charge is 0.257 e. The largest absolute Gasteiger partial charge is 0.349 e. The van der Waals surface area contributed by atoms with E-state index >= 15 is 0 Å². The van der Waals surface area contributed by atoms with Crippen LogP contribution in [0.2, 0.25) is 0 Å². The van der Waals surface area contributed by atoms with Crippen molar-refractivity contribution in [1.82, 2.24) is 15.5 Å². The monoisotopic (exact) mass is 245 g/mol. The first-order valence-electron chi connectivity index (χ1n) is 5.94. The van der Waals surface area contributed by atoms with E-state index in [-0.39, 0.29) is 5.91 Å². The summed E-state index contributed by atoms with van der Waals surface area (Å²) in [4.78, 5) is 15.5. The average Bonchev–Trinajstić information content (AvgIpc) is 2.87. The Morgan fingerprint density at radius 3 is 2.83 bits per heavy atom. The van der Waals surface area contributed by atoms with Gasteiger partial charge in [0.25, 0.3) is 5.89 Å². The van der Waals surface area contributed by atoms with Gasteiger partial charge in [0, 0.05) is 12.0 Å². The van der Waals surface area contributed by atoms with Gasteiger partial charge in [0.05, 0.1) is 6.54 Å². The van der Waals surface area contributed by atoms with Crippen molar-refractivity contribution in [2.24, 2.45) is 0 Å². The lowest BCUT2D eigenvalue weighted by molar-refractivity contribution is -0.121. The number of aromatic nitrogens is 2. The van der Waals surface area contributed by atoms with Gasteiger partial charge in [0.2, 0.25) is 5.91 Å². The van der Waals surface area contributed by atoms with Crippen molar-refractivity contribution in [2.45, 2.75) is 26.3 Å². The summed E-state index contributed by atoms with van der Waals surface area (Å²) in [5.74, 6) is 0.956. The van der Waals surface area contributed by atoms with Crippen LogP contribution in [0.1, 0.15) is 25.6 Å². The Hall–Kier alpha value is -2.17. The second-order valence-corrected chi connectivity index (χ2v) is 3.91. The van der Waals surface area contributed by atoms with Crippen molar-refractivity contribution < 1.29 is 9.32 Å². The van der Waals surface area contributed by atoms with Crippen LogP contribution in [0, 0.1) is 0 Å². The molecule has 0 saturated carbocycles.